The molecule has 0 saturated carbocycles. The molecule has 0 unspecified atom stereocenters. The number of esters is 2. The summed E-state index contributed by atoms with van der Waals surface area (Å²) in [6.45, 7) is 5.90. The van der Waals surface area contributed by atoms with Crippen LogP contribution < -0.4 is 0 Å². The van der Waals surface area contributed by atoms with Crippen molar-refractivity contribution in [1.29, 1.82) is 0 Å². The number of rotatable bonds is 4. The highest BCUT2D eigenvalue weighted by Crippen LogP contribution is 2.28. The van der Waals surface area contributed by atoms with E-state index in [0.29, 0.717) is 6.61 Å². The van der Waals surface area contributed by atoms with E-state index in [9.17, 15) is 9.59 Å². The van der Waals surface area contributed by atoms with Crippen molar-refractivity contribution in [2.24, 2.45) is 11.8 Å². The minimum Gasteiger partial charge on any atom is -0.465 e. The van der Waals surface area contributed by atoms with Gasteiger partial charge >= 0.3 is 11.9 Å². The van der Waals surface area contributed by atoms with Crippen molar-refractivity contribution in [2.45, 2.75) is 39.7 Å². The molecule has 4 heteroatoms. The zero-order valence-corrected chi connectivity index (χ0v) is 9.49. The summed E-state index contributed by atoms with van der Waals surface area (Å²) in [7, 11) is 0. The van der Waals surface area contributed by atoms with E-state index in [1.54, 1.807) is 0 Å². The summed E-state index contributed by atoms with van der Waals surface area (Å²) in [4.78, 5) is 22.6. The van der Waals surface area contributed by atoms with Crippen LogP contribution in [0.25, 0.3) is 0 Å². The first kappa shape index (κ1) is 12.0. The van der Waals surface area contributed by atoms with Gasteiger partial charge in [-0.1, -0.05) is 6.92 Å². The molecule has 1 aliphatic heterocycles. The van der Waals surface area contributed by atoms with Crippen molar-refractivity contribution in [2.75, 3.05) is 6.61 Å². The molecule has 1 saturated heterocycles. The Morgan fingerprint density at radius 3 is 2.80 bits per heavy atom. The Bertz CT molecular complexity index is 247. The van der Waals surface area contributed by atoms with Gasteiger partial charge in [-0.2, -0.15) is 0 Å². The third-order valence-corrected chi connectivity index (χ3v) is 2.55. The maximum Gasteiger partial charge on any atom is 0.309 e. The molecule has 1 fully saturated rings. The lowest BCUT2D eigenvalue weighted by molar-refractivity contribution is -0.148. The fourth-order valence-electron chi connectivity index (χ4n) is 1.83. The van der Waals surface area contributed by atoms with E-state index in [4.69, 9.17) is 9.47 Å². The average molecular weight is 214 g/mol. The Balaban J connectivity index is 2.44. The van der Waals surface area contributed by atoms with Gasteiger partial charge < -0.3 is 9.47 Å². The fourth-order valence-corrected chi connectivity index (χ4v) is 1.83. The van der Waals surface area contributed by atoms with Gasteiger partial charge in [0.05, 0.1) is 25.0 Å². The maximum absolute atomic E-state index is 11.4. The molecular weight excluding hydrogens is 196 g/mol. The molecule has 0 spiro atoms. The van der Waals surface area contributed by atoms with Crippen LogP contribution in [0.5, 0.6) is 0 Å². The van der Waals surface area contributed by atoms with Crippen LogP contribution in [-0.2, 0) is 19.1 Å². The van der Waals surface area contributed by atoms with Crippen LogP contribution >= 0.6 is 0 Å². The van der Waals surface area contributed by atoms with E-state index < -0.39 is 0 Å². The number of cyclic esters (lactones) is 1. The van der Waals surface area contributed by atoms with Gasteiger partial charge in [0, 0.05) is 5.92 Å². The summed E-state index contributed by atoms with van der Waals surface area (Å²) in [5.41, 5.74) is 0. The monoisotopic (exact) mass is 214 g/mol. The molecule has 1 heterocycles. The molecule has 0 aromatic heterocycles. The number of hydrogen-bond donors (Lipinski definition) is 0. The van der Waals surface area contributed by atoms with E-state index in [2.05, 4.69) is 0 Å². The first-order valence-electron chi connectivity index (χ1n) is 5.40. The van der Waals surface area contributed by atoms with E-state index >= 15 is 0 Å². The number of carbonyl (C=O) groups is 2. The van der Waals surface area contributed by atoms with Gasteiger partial charge in [-0.05, 0) is 20.3 Å². The van der Waals surface area contributed by atoms with Crippen LogP contribution in [0.1, 0.15) is 33.6 Å². The van der Waals surface area contributed by atoms with Gasteiger partial charge in [0.2, 0.25) is 0 Å². The Morgan fingerprint density at radius 1 is 1.60 bits per heavy atom. The van der Waals surface area contributed by atoms with Crippen LogP contribution in [0.3, 0.4) is 0 Å². The molecule has 0 bridgehead atoms. The highest BCUT2D eigenvalue weighted by Gasteiger charge is 2.36. The molecule has 1 rings (SSSR count). The standard InChI is InChI=1S/C11H18O4/c1-4-9-8(6-14-11(9)13)5-10(12)15-7(2)3/h7-9H,4-6H2,1-3H3/t8-,9-/m1/s1. The number of carbonyl (C=O) groups excluding carboxylic acids is 2. The van der Waals surface area contributed by atoms with Crippen molar-refractivity contribution in [3.8, 4) is 0 Å². The van der Waals surface area contributed by atoms with E-state index in [0.717, 1.165) is 6.42 Å². The fraction of sp³-hybridized carbons (Fsp3) is 0.818. The smallest absolute Gasteiger partial charge is 0.309 e. The topological polar surface area (TPSA) is 52.6 Å². The highest BCUT2D eigenvalue weighted by molar-refractivity contribution is 5.77. The Morgan fingerprint density at radius 2 is 2.27 bits per heavy atom. The van der Waals surface area contributed by atoms with Gasteiger partial charge in [0.25, 0.3) is 0 Å². The average Bonchev–Trinajstić information content (AvgIpc) is 2.45. The number of hydrogen-bond acceptors (Lipinski definition) is 4. The third kappa shape index (κ3) is 3.22. The van der Waals surface area contributed by atoms with Crippen LogP contribution in [0.4, 0.5) is 0 Å². The minimum atomic E-state index is -0.244. The van der Waals surface area contributed by atoms with Crippen LogP contribution in [0, 0.1) is 11.8 Å². The summed E-state index contributed by atoms with van der Waals surface area (Å²) in [5.74, 6) is -0.565. The molecule has 1 aliphatic rings. The molecule has 15 heavy (non-hydrogen) atoms. The second kappa shape index (κ2) is 5.14. The second-order valence-corrected chi connectivity index (χ2v) is 4.15. The van der Waals surface area contributed by atoms with Crippen LogP contribution in [0.2, 0.25) is 0 Å². The van der Waals surface area contributed by atoms with Gasteiger partial charge in [0.15, 0.2) is 0 Å². The maximum atomic E-state index is 11.4. The van der Waals surface area contributed by atoms with Gasteiger partial charge in [-0.15, -0.1) is 0 Å². The zero-order chi connectivity index (χ0) is 11.4. The lowest BCUT2D eigenvalue weighted by Gasteiger charge is -2.13. The predicted molar refractivity (Wildman–Crippen MR) is 54.1 cm³/mol. The minimum absolute atomic E-state index is 0.00579. The molecule has 0 aliphatic carbocycles. The highest BCUT2D eigenvalue weighted by atomic mass is 16.5. The summed E-state index contributed by atoms with van der Waals surface area (Å²) in [6.07, 6.45) is 0.900. The first-order chi connectivity index (χ1) is 7.04. The molecule has 0 aromatic carbocycles. The Hall–Kier alpha value is -1.06. The first-order valence-corrected chi connectivity index (χ1v) is 5.40. The van der Waals surface area contributed by atoms with Crippen molar-refractivity contribution >= 4 is 11.9 Å². The third-order valence-electron chi connectivity index (χ3n) is 2.55. The van der Waals surface area contributed by atoms with Crippen LogP contribution in [0.15, 0.2) is 0 Å². The van der Waals surface area contributed by atoms with E-state index in [1.165, 1.54) is 0 Å². The number of ether oxygens (including phenoxy) is 2. The normalized spacial score (nSPS) is 25.5. The van der Waals surface area contributed by atoms with Crippen LogP contribution in [-0.4, -0.2) is 24.6 Å². The largest absolute Gasteiger partial charge is 0.465 e. The van der Waals surface area contributed by atoms with E-state index in [1.807, 2.05) is 20.8 Å². The SMILES string of the molecule is CC[C@H]1C(=O)OC[C@H]1CC(=O)OC(C)C. The van der Waals surface area contributed by atoms with Crippen molar-refractivity contribution in [3.63, 3.8) is 0 Å². The lowest BCUT2D eigenvalue weighted by atomic mass is 9.90. The molecule has 0 radical (unpaired) electrons. The summed E-state index contributed by atoms with van der Waals surface area (Å²) in [5, 5.41) is 0. The van der Waals surface area contributed by atoms with E-state index in [-0.39, 0.29) is 36.3 Å². The zero-order valence-electron chi connectivity index (χ0n) is 9.49. The summed E-state index contributed by atoms with van der Waals surface area (Å²) >= 11 is 0. The Labute approximate surface area is 89.9 Å². The summed E-state index contributed by atoms with van der Waals surface area (Å²) < 4.78 is 9.96. The molecule has 2 atom stereocenters. The molecule has 0 amide bonds. The quantitative estimate of drug-likeness (QED) is 0.666. The summed E-state index contributed by atoms with van der Waals surface area (Å²) in [6, 6.07) is 0. The van der Waals surface area contributed by atoms with Gasteiger partial charge in [-0.3, -0.25) is 9.59 Å². The van der Waals surface area contributed by atoms with Crippen molar-refractivity contribution < 1.29 is 19.1 Å². The molecule has 4 nitrogen and oxygen atoms in total. The predicted octanol–water partition coefficient (Wildman–Crippen LogP) is 1.53. The van der Waals surface area contributed by atoms with Crippen molar-refractivity contribution in [1.82, 2.24) is 0 Å². The molecular formula is C11H18O4. The molecule has 0 aromatic rings. The molecule has 86 valence electrons. The molecule has 0 N–H and O–H groups in total. The lowest BCUT2D eigenvalue weighted by Crippen LogP contribution is -2.21. The Kier molecular flexibility index (Phi) is 4.12. The van der Waals surface area contributed by atoms with Gasteiger partial charge in [0.1, 0.15) is 0 Å². The van der Waals surface area contributed by atoms with Gasteiger partial charge in [-0.25, -0.2) is 0 Å². The van der Waals surface area contributed by atoms with Crippen molar-refractivity contribution in [3.05, 3.63) is 0 Å². The second-order valence-electron chi connectivity index (χ2n) is 4.15.